The summed E-state index contributed by atoms with van der Waals surface area (Å²) in [5, 5.41) is 11.8. The zero-order valence-electron chi connectivity index (χ0n) is 15.5. The summed E-state index contributed by atoms with van der Waals surface area (Å²) in [4.78, 5) is 17.4. The van der Waals surface area contributed by atoms with Gasteiger partial charge in [-0.15, -0.1) is 6.58 Å². The van der Waals surface area contributed by atoms with Gasteiger partial charge in [0.25, 0.3) is 5.56 Å². The third-order valence-corrected chi connectivity index (χ3v) is 5.39. The number of hydrogen-bond donors (Lipinski definition) is 1. The molecule has 0 radical (unpaired) electrons. The number of rotatable bonds is 8. The minimum atomic E-state index is -0.708. The topological polar surface area (TPSA) is 64.3 Å². The Labute approximate surface area is 172 Å². The van der Waals surface area contributed by atoms with Crippen molar-refractivity contribution in [3.05, 3.63) is 76.1 Å². The van der Waals surface area contributed by atoms with Crippen molar-refractivity contribution in [1.82, 2.24) is 9.55 Å². The van der Waals surface area contributed by atoms with Gasteiger partial charge in [0.1, 0.15) is 12.4 Å². The van der Waals surface area contributed by atoms with E-state index in [1.165, 1.54) is 16.3 Å². The molecule has 3 aromatic rings. The summed E-state index contributed by atoms with van der Waals surface area (Å²) in [5.74, 6) is 1.06. The van der Waals surface area contributed by atoms with E-state index in [-0.39, 0.29) is 12.2 Å². The average Bonchev–Trinajstić information content (AvgIpc) is 2.68. The van der Waals surface area contributed by atoms with Crippen molar-refractivity contribution in [1.29, 1.82) is 0 Å². The highest BCUT2D eigenvalue weighted by Crippen LogP contribution is 2.21. The van der Waals surface area contributed by atoms with Crippen LogP contribution in [0.1, 0.15) is 5.56 Å². The first-order valence-electron chi connectivity index (χ1n) is 8.79. The van der Waals surface area contributed by atoms with E-state index in [0.29, 0.717) is 39.1 Å². The van der Waals surface area contributed by atoms with Crippen molar-refractivity contribution < 1.29 is 9.84 Å². The first-order valence-corrected chi connectivity index (χ1v) is 10.2. The minimum Gasteiger partial charge on any atom is -0.491 e. The van der Waals surface area contributed by atoms with Gasteiger partial charge in [-0.25, -0.2) is 4.98 Å². The second-order valence-electron chi connectivity index (χ2n) is 6.35. The van der Waals surface area contributed by atoms with Gasteiger partial charge in [0.2, 0.25) is 0 Å². The lowest BCUT2D eigenvalue weighted by Crippen LogP contribution is -2.25. The SMILES string of the molecule is C=CCn1c(SC[C@H](O)COc2cccc(C)c2)nc2ccc(Cl)cc2c1=O. The standard InChI is InChI=1S/C21H21ClN2O3S/c1-3-9-24-20(26)18-11-15(22)7-8-19(18)23-21(24)28-13-16(25)12-27-17-6-4-5-14(2)10-17/h3-8,10-11,16,25H,1,9,12-13H2,2H3/t16-/m1/s1. The van der Waals surface area contributed by atoms with Gasteiger partial charge in [-0.1, -0.05) is 41.6 Å². The average molecular weight is 417 g/mol. The molecule has 3 rings (SSSR count). The number of aryl methyl sites for hydroxylation is 1. The molecule has 0 aliphatic rings. The van der Waals surface area contributed by atoms with Gasteiger partial charge in [-0.3, -0.25) is 9.36 Å². The molecule has 1 aromatic heterocycles. The van der Waals surface area contributed by atoms with Crippen molar-refractivity contribution in [2.45, 2.75) is 24.7 Å². The van der Waals surface area contributed by atoms with Crippen LogP contribution in [0.3, 0.4) is 0 Å². The number of allylic oxidation sites excluding steroid dienone is 1. The van der Waals surface area contributed by atoms with Crippen LogP contribution < -0.4 is 10.3 Å². The highest BCUT2D eigenvalue weighted by Gasteiger charge is 2.14. The Morgan fingerprint density at radius 2 is 2.18 bits per heavy atom. The molecule has 0 aliphatic carbocycles. The molecule has 0 unspecified atom stereocenters. The summed E-state index contributed by atoms with van der Waals surface area (Å²) in [6.45, 7) is 6.18. The van der Waals surface area contributed by atoms with E-state index in [9.17, 15) is 9.90 Å². The molecule has 0 saturated carbocycles. The normalized spacial score (nSPS) is 12.1. The van der Waals surface area contributed by atoms with Gasteiger partial charge in [0.05, 0.1) is 17.0 Å². The molecule has 1 heterocycles. The predicted octanol–water partition coefficient (Wildman–Crippen LogP) is 4.08. The number of benzene rings is 2. The summed E-state index contributed by atoms with van der Waals surface area (Å²) in [6.07, 6.45) is 0.932. The molecule has 7 heteroatoms. The number of hydrogen-bond acceptors (Lipinski definition) is 5. The van der Waals surface area contributed by atoms with E-state index in [2.05, 4.69) is 11.6 Å². The molecule has 2 aromatic carbocycles. The molecular formula is C21H21ClN2O3S. The van der Waals surface area contributed by atoms with E-state index in [1.54, 1.807) is 24.3 Å². The maximum atomic E-state index is 12.8. The molecule has 0 spiro atoms. The third kappa shape index (κ3) is 4.95. The summed E-state index contributed by atoms with van der Waals surface area (Å²) >= 11 is 7.32. The number of thioether (sulfide) groups is 1. The summed E-state index contributed by atoms with van der Waals surface area (Å²) in [7, 11) is 0. The van der Waals surface area contributed by atoms with E-state index >= 15 is 0 Å². The second kappa shape index (κ2) is 9.28. The van der Waals surface area contributed by atoms with Crippen LogP contribution in [-0.2, 0) is 6.54 Å². The Morgan fingerprint density at radius 1 is 1.36 bits per heavy atom. The lowest BCUT2D eigenvalue weighted by Gasteiger charge is -2.15. The molecule has 146 valence electrons. The lowest BCUT2D eigenvalue weighted by atomic mass is 10.2. The first-order chi connectivity index (χ1) is 13.5. The number of fused-ring (bicyclic) bond motifs is 1. The second-order valence-corrected chi connectivity index (χ2v) is 7.78. The Morgan fingerprint density at radius 3 is 2.93 bits per heavy atom. The van der Waals surface area contributed by atoms with Crippen molar-refractivity contribution in [2.75, 3.05) is 12.4 Å². The van der Waals surface area contributed by atoms with Gasteiger partial charge >= 0.3 is 0 Å². The van der Waals surface area contributed by atoms with E-state index in [0.717, 1.165) is 5.56 Å². The molecular weight excluding hydrogens is 396 g/mol. The number of ether oxygens (including phenoxy) is 1. The Balaban J connectivity index is 1.73. The summed E-state index contributed by atoms with van der Waals surface area (Å²) in [6, 6.07) is 12.7. The number of aliphatic hydroxyl groups is 1. The molecule has 0 amide bonds. The smallest absolute Gasteiger partial charge is 0.262 e. The number of aromatic nitrogens is 2. The number of halogens is 1. The fraction of sp³-hybridized carbons (Fsp3) is 0.238. The molecule has 1 N–H and O–H groups in total. The molecule has 28 heavy (non-hydrogen) atoms. The maximum Gasteiger partial charge on any atom is 0.262 e. The third-order valence-electron chi connectivity index (χ3n) is 4.03. The highest BCUT2D eigenvalue weighted by atomic mass is 35.5. The first kappa shape index (κ1) is 20.5. The number of aliphatic hydroxyl groups excluding tert-OH is 1. The van der Waals surface area contributed by atoms with Gasteiger partial charge in [-0.2, -0.15) is 0 Å². The van der Waals surface area contributed by atoms with Crippen molar-refractivity contribution in [3.8, 4) is 5.75 Å². The van der Waals surface area contributed by atoms with Crippen molar-refractivity contribution in [2.24, 2.45) is 0 Å². The van der Waals surface area contributed by atoms with Crippen LogP contribution in [0, 0.1) is 6.92 Å². The Hall–Kier alpha value is -2.28. The van der Waals surface area contributed by atoms with E-state index in [1.807, 2.05) is 31.2 Å². The van der Waals surface area contributed by atoms with Crippen molar-refractivity contribution in [3.63, 3.8) is 0 Å². The Bertz CT molecular complexity index is 1050. The van der Waals surface area contributed by atoms with Gasteiger partial charge in [0, 0.05) is 17.3 Å². The van der Waals surface area contributed by atoms with Gasteiger partial charge in [-0.05, 0) is 42.8 Å². The number of nitrogens with zero attached hydrogens (tertiary/aromatic N) is 2. The van der Waals surface area contributed by atoms with Crippen LogP contribution in [0.2, 0.25) is 5.02 Å². The molecule has 0 fully saturated rings. The Kier molecular flexibility index (Phi) is 6.78. The summed E-state index contributed by atoms with van der Waals surface area (Å²) < 4.78 is 7.17. The zero-order valence-corrected chi connectivity index (χ0v) is 17.0. The fourth-order valence-electron chi connectivity index (χ4n) is 2.69. The predicted molar refractivity (Wildman–Crippen MR) is 115 cm³/mol. The van der Waals surface area contributed by atoms with Gasteiger partial charge in [0.15, 0.2) is 5.16 Å². The minimum absolute atomic E-state index is 0.158. The zero-order chi connectivity index (χ0) is 20.1. The molecule has 5 nitrogen and oxygen atoms in total. The van der Waals surface area contributed by atoms with Crippen molar-refractivity contribution >= 4 is 34.3 Å². The largest absolute Gasteiger partial charge is 0.491 e. The molecule has 0 aliphatic heterocycles. The van der Waals surface area contributed by atoms with Crippen LogP contribution in [0.4, 0.5) is 0 Å². The van der Waals surface area contributed by atoms with E-state index in [4.69, 9.17) is 16.3 Å². The summed E-state index contributed by atoms with van der Waals surface area (Å²) in [5.41, 5.74) is 1.48. The maximum absolute atomic E-state index is 12.8. The molecule has 1 atom stereocenters. The van der Waals surface area contributed by atoms with Crippen LogP contribution in [0.25, 0.3) is 10.9 Å². The molecule has 0 bridgehead atoms. The van der Waals surface area contributed by atoms with Gasteiger partial charge < -0.3 is 9.84 Å². The molecule has 0 saturated heterocycles. The lowest BCUT2D eigenvalue weighted by molar-refractivity contribution is 0.126. The quantitative estimate of drug-likeness (QED) is 0.340. The van der Waals surface area contributed by atoms with Crippen LogP contribution in [0.5, 0.6) is 5.75 Å². The van der Waals surface area contributed by atoms with Crippen LogP contribution in [-0.4, -0.2) is 33.1 Å². The fourth-order valence-corrected chi connectivity index (χ4v) is 3.78. The van der Waals surface area contributed by atoms with Crippen LogP contribution in [0.15, 0.2) is 65.1 Å². The monoisotopic (exact) mass is 416 g/mol. The van der Waals surface area contributed by atoms with E-state index < -0.39 is 6.10 Å². The highest BCUT2D eigenvalue weighted by molar-refractivity contribution is 7.99. The van der Waals surface area contributed by atoms with Crippen LogP contribution >= 0.6 is 23.4 Å².